The Hall–Kier alpha value is -1.27. The zero-order valence-corrected chi connectivity index (χ0v) is 14.3. The molecule has 8 heteroatoms. The van der Waals surface area contributed by atoms with Gasteiger partial charge in [0.2, 0.25) is 0 Å². The molecule has 2 nitrogen and oxygen atoms in total. The molecule has 24 heavy (non-hydrogen) atoms. The Morgan fingerprint density at radius 2 is 1.83 bits per heavy atom. The summed E-state index contributed by atoms with van der Waals surface area (Å²) in [6.07, 6.45) is -4.62. The Kier molecular flexibility index (Phi) is 5.21. The molecule has 0 aromatic heterocycles. The SMILES string of the molecule is CC1(C)[C@@H](/C=C(\F)C(F)(F)F)[C@@H]1C(=O)OCc1c(Cl)cccc1Cl. The molecule has 0 amide bonds. The lowest BCUT2D eigenvalue weighted by molar-refractivity contribution is -0.147. The molecule has 1 aliphatic rings. The van der Waals surface area contributed by atoms with E-state index in [1.165, 1.54) is 0 Å². The quantitative estimate of drug-likeness (QED) is 0.489. The number of esters is 1. The number of benzene rings is 1. The van der Waals surface area contributed by atoms with Crippen molar-refractivity contribution in [3.05, 3.63) is 45.7 Å². The fourth-order valence-corrected chi connectivity index (χ4v) is 3.10. The van der Waals surface area contributed by atoms with E-state index in [1.807, 2.05) is 0 Å². The van der Waals surface area contributed by atoms with E-state index in [9.17, 15) is 22.4 Å². The summed E-state index contributed by atoms with van der Waals surface area (Å²) in [6.45, 7) is 2.94. The molecule has 0 spiro atoms. The first kappa shape index (κ1) is 19.1. The van der Waals surface area contributed by atoms with Crippen molar-refractivity contribution in [2.24, 2.45) is 17.3 Å². The van der Waals surface area contributed by atoms with Crippen LogP contribution in [0.15, 0.2) is 30.1 Å². The number of hydrogen-bond acceptors (Lipinski definition) is 2. The van der Waals surface area contributed by atoms with Crippen LogP contribution < -0.4 is 0 Å². The second-order valence-corrected chi connectivity index (χ2v) is 6.96. The molecule has 0 radical (unpaired) electrons. The first-order chi connectivity index (χ1) is 11.0. The van der Waals surface area contributed by atoms with Gasteiger partial charge in [-0.1, -0.05) is 43.1 Å². The van der Waals surface area contributed by atoms with Gasteiger partial charge in [0.05, 0.1) is 5.92 Å². The molecule has 1 aliphatic carbocycles. The van der Waals surface area contributed by atoms with Gasteiger partial charge in [0.25, 0.3) is 0 Å². The fraction of sp³-hybridized carbons (Fsp3) is 0.438. The van der Waals surface area contributed by atoms with E-state index >= 15 is 0 Å². The lowest BCUT2D eigenvalue weighted by atomic mass is 10.1. The summed E-state index contributed by atoms with van der Waals surface area (Å²) in [5, 5.41) is 0.620. The molecule has 0 bridgehead atoms. The van der Waals surface area contributed by atoms with Crippen molar-refractivity contribution >= 4 is 29.2 Å². The van der Waals surface area contributed by atoms with Gasteiger partial charge in [-0.25, -0.2) is 4.39 Å². The maximum atomic E-state index is 13.1. The van der Waals surface area contributed by atoms with Crippen molar-refractivity contribution in [3.8, 4) is 0 Å². The Bertz CT molecular complexity index is 663. The second kappa shape index (κ2) is 6.56. The van der Waals surface area contributed by atoms with E-state index < -0.39 is 35.2 Å². The average Bonchev–Trinajstić information content (AvgIpc) is 2.98. The monoisotopic (exact) mass is 384 g/mol. The first-order valence-electron chi connectivity index (χ1n) is 7.00. The van der Waals surface area contributed by atoms with Gasteiger partial charge in [0, 0.05) is 15.6 Å². The molecule has 1 fully saturated rings. The van der Waals surface area contributed by atoms with Gasteiger partial charge in [-0.2, -0.15) is 13.2 Å². The van der Waals surface area contributed by atoms with Crippen LogP contribution in [0.3, 0.4) is 0 Å². The molecule has 0 saturated heterocycles. The summed E-state index contributed by atoms with van der Waals surface area (Å²) < 4.78 is 55.1. The molecule has 0 N–H and O–H groups in total. The predicted molar refractivity (Wildman–Crippen MR) is 82.3 cm³/mol. The summed E-state index contributed by atoms with van der Waals surface area (Å²) in [5.41, 5.74) is -0.412. The lowest BCUT2D eigenvalue weighted by Crippen LogP contribution is -2.11. The molecule has 0 unspecified atom stereocenters. The van der Waals surface area contributed by atoms with Crippen LogP contribution in [0.5, 0.6) is 0 Å². The smallest absolute Gasteiger partial charge is 0.442 e. The highest BCUT2D eigenvalue weighted by atomic mass is 35.5. The lowest BCUT2D eigenvalue weighted by Gasteiger charge is -2.09. The minimum atomic E-state index is -5.06. The highest BCUT2D eigenvalue weighted by molar-refractivity contribution is 6.35. The van der Waals surface area contributed by atoms with E-state index in [2.05, 4.69) is 0 Å². The number of hydrogen-bond donors (Lipinski definition) is 0. The van der Waals surface area contributed by atoms with Crippen LogP contribution in [-0.4, -0.2) is 12.1 Å². The standard InChI is InChI=1S/C16H14Cl2F4O2/c1-15(2)9(6-12(19)16(20,21)22)13(15)14(23)24-7-8-10(17)4-3-5-11(8)18/h3-6,9,13H,7H2,1-2H3/b12-6-/t9-,13+/m0/s1. The Morgan fingerprint density at radius 1 is 1.29 bits per heavy atom. The summed E-state index contributed by atoms with van der Waals surface area (Å²) >= 11 is 11.9. The van der Waals surface area contributed by atoms with Crippen molar-refractivity contribution in [2.75, 3.05) is 0 Å². The number of ether oxygens (including phenoxy) is 1. The van der Waals surface area contributed by atoms with E-state index in [0.29, 0.717) is 21.7 Å². The number of allylic oxidation sites excluding steroid dienone is 2. The number of carbonyl (C=O) groups is 1. The van der Waals surface area contributed by atoms with Crippen LogP contribution in [0, 0.1) is 17.3 Å². The molecule has 1 aromatic carbocycles. The van der Waals surface area contributed by atoms with E-state index in [4.69, 9.17) is 27.9 Å². The van der Waals surface area contributed by atoms with Gasteiger partial charge in [0.15, 0.2) is 5.83 Å². The van der Waals surface area contributed by atoms with Crippen molar-refractivity contribution in [2.45, 2.75) is 26.6 Å². The largest absolute Gasteiger partial charge is 0.460 e. The Labute approximate surface area is 146 Å². The van der Waals surface area contributed by atoms with Crippen molar-refractivity contribution < 1.29 is 27.1 Å². The van der Waals surface area contributed by atoms with Gasteiger partial charge in [-0.05, 0) is 29.5 Å². The average molecular weight is 385 g/mol. The third kappa shape index (κ3) is 3.86. The minimum Gasteiger partial charge on any atom is -0.460 e. The summed E-state index contributed by atoms with van der Waals surface area (Å²) in [5.74, 6) is -4.66. The van der Waals surface area contributed by atoms with Gasteiger partial charge in [-0.15, -0.1) is 0 Å². The summed E-state index contributed by atoms with van der Waals surface area (Å²) in [4.78, 5) is 12.1. The Morgan fingerprint density at radius 3 is 2.33 bits per heavy atom. The normalized spacial score (nSPS) is 23.1. The third-order valence-electron chi connectivity index (χ3n) is 4.18. The molecule has 1 aromatic rings. The summed E-state index contributed by atoms with van der Waals surface area (Å²) in [7, 11) is 0. The van der Waals surface area contributed by atoms with Crippen LogP contribution in [0.2, 0.25) is 10.0 Å². The maximum absolute atomic E-state index is 13.1. The fourth-order valence-electron chi connectivity index (χ4n) is 2.59. The highest BCUT2D eigenvalue weighted by Gasteiger charge is 2.62. The van der Waals surface area contributed by atoms with Gasteiger partial charge >= 0.3 is 12.1 Å². The van der Waals surface area contributed by atoms with Gasteiger partial charge in [-0.3, -0.25) is 4.79 Å². The highest BCUT2D eigenvalue weighted by Crippen LogP contribution is 2.60. The van der Waals surface area contributed by atoms with Crippen molar-refractivity contribution in [1.82, 2.24) is 0 Å². The minimum absolute atomic E-state index is 0.206. The molecular formula is C16H14Cl2F4O2. The van der Waals surface area contributed by atoms with Crippen molar-refractivity contribution in [1.29, 1.82) is 0 Å². The number of rotatable bonds is 4. The molecular weight excluding hydrogens is 371 g/mol. The molecule has 1 saturated carbocycles. The van der Waals surface area contributed by atoms with Crippen LogP contribution >= 0.6 is 23.2 Å². The molecule has 2 rings (SSSR count). The van der Waals surface area contributed by atoms with Crippen LogP contribution in [-0.2, 0) is 16.1 Å². The topological polar surface area (TPSA) is 26.3 Å². The van der Waals surface area contributed by atoms with Crippen molar-refractivity contribution in [3.63, 3.8) is 0 Å². The molecule has 0 aliphatic heterocycles. The zero-order chi connectivity index (χ0) is 18.3. The number of carbonyl (C=O) groups excluding carboxylic acids is 1. The van der Waals surface area contributed by atoms with E-state index in [-0.39, 0.29) is 6.61 Å². The molecule has 0 heterocycles. The third-order valence-corrected chi connectivity index (χ3v) is 4.89. The van der Waals surface area contributed by atoms with Gasteiger partial charge in [0.1, 0.15) is 6.61 Å². The van der Waals surface area contributed by atoms with E-state index in [1.54, 1.807) is 32.0 Å². The predicted octanol–water partition coefficient (Wildman–Crippen LogP) is 5.72. The van der Waals surface area contributed by atoms with Crippen LogP contribution in [0.25, 0.3) is 0 Å². The summed E-state index contributed by atoms with van der Waals surface area (Å²) in [6, 6.07) is 4.77. The number of halogens is 6. The first-order valence-corrected chi connectivity index (χ1v) is 7.76. The van der Waals surface area contributed by atoms with Crippen LogP contribution in [0.4, 0.5) is 17.6 Å². The van der Waals surface area contributed by atoms with Gasteiger partial charge < -0.3 is 4.74 Å². The molecule has 2 atom stereocenters. The van der Waals surface area contributed by atoms with E-state index in [0.717, 1.165) is 0 Å². The molecule has 132 valence electrons. The Balaban J connectivity index is 2.06. The van der Waals surface area contributed by atoms with Crippen LogP contribution in [0.1, 0.15) is 19.4 Å². The zero-order valence-electron chi connectivity index (χ0n) is 12.8. The number of alkyl halides is 3. The second-order valence-electron chi connectivity index (χ2n) is 6.15. The maximum Gasteiger partial charge on any atom is 0.442 e.